The van der Waals surface area contributed by atoms with E-state index in [0.29, 0.717) is 37.2 Å². The number of nitrogens with two attached hydrogens (primary N) is 1. The normalized spacial score (nSPS) is 27.9. The van der Waals surface area contributed by atoms with Crippen molar-refractivity contribution in [2.24, 2.45) is 23.5 Å². The van der Waals surface area contributed by atoms with Crippen LogP contribution in [0, 0.1) is 17.8 Å². The Bertz CT molecular complexity index is 1460. The molecule has 1 heterocycles. The van der Waals surface area contributed by atoms with Gasteiger partial charge in [-0.15, -0.1) is 0 Å². The summed E-state index contributed by atoms with van der Waals surface area (Å²) in [4.78, 5) is 56.0. The molecule has 226 valence electrons. The van der Waals surface area contributed by atoms with Gasteiger partial charge in [-0.05, 0) is 70.4 Å². The van der Waals surface area contributed by atoms with E-state index >= 15 is 0 Å². The zero-order valence-corrected chi connectivity index (χ0v) is 24.0. The lowest BCUT2D eigenvalue weighted by molar-refractivity contribution is -0.148. The number of anilines is 2. The van der Waals surface area contributed by atoms with Gasteiger partial charge >= 0.3 is 0 Å². The fourth-order valence-electron chi connectivity index (χ4n) is 7.11. The summed E-state index contributed by atoms with van der Waals surface area (Å²) in [5.41, 5.74) is 2.49. The van der Waals surface area contributed by atoms with Crippen LogP contribution in [-0.2, 0) is 20.8 Å². The molecular formula is C29H37N5O8. The van der Waals surface area contributed by atoms with Crippen molar-refractivity contribution in [1.29, 1.82) is 0 Å². The van der Waals surface area contributed by atoms with E-state index in [0.717, 1.165) is 0 Å². The number of ketones is 2. The largest absolute Gasteiger partial charge is 0.510 e. The number of primary amides is 1. The highest BCUT2D eigenvalue weighted by atomic mass is 16.3. The third kappa shape index (κ3) is 4.26. The molecular weight excluding hydrogens is 546 g/mol. The van der Waals surface area contributed by atoms with E-state index in [1.54, 1.807) is 39.2 Å². The summed E-state index contributed by atoms with van der Waals surface area (Å²) in [6.45, 7) is 1.37. The number of hydrogen-bond donors (Lipinski definition) is 7. The summed E-state index contributed by atoms with van der Waals surface area (Å²) in [5, 5.41) is 51.5. The number of amides is 2. The van der Waals surface area contributed by atoms with Gasteiger partial charge < -0.3 is 41.7 Å². The molecule has 13 nitrogen and oxygen atoms in total. The minimum atomic E-state index is -2.72. The number of carbonyl (C=O) groups is 4. The number of allylic oxidation sites excluding steroid dienone is 1. The van der Waals surface area contributed by atoms with Gasteiger partial charge in [-0.25, -0.2) is 0 Å². The quantitative estimate of drug-likeness (QED) is 0.183. The zero-order chi connectivity index (χ0) is 30.8. The monoisotopic (exact) mass is 583 g/mol. The Labute approximate surface area is 242 Å². The first-order valence-corrected chi connectivity index (χ1v) is 13.9. The smallest absolute Gasteiger partial charge is 0.255 e. The molecule has 1 aromatic carbocycles. The Hall–Kier alpha value is -3.94. The maximum Gasteiger partial charge on any atom is 0.255 e. The molecule has 0 saturated carbocycles. The van der Waals surface area contributed by atoms with Crippen LogP contribution >= 0.6 is 0 Å². The number of fused-ring (bicyclic) bond motifs is 3. The number of hydrogen-bond acceptors (Lipinski definition) is 11. The number of piperidine rings is 1. The van der Waals surface area contributed by atoms with Crippen molar-refractivity contribution in [1.82, 2.24) is 10.2 Å². The maximum atomic E-state index is 14.1. The molecule has 13 heteroatoms. The van der Waals surface area contributed by atoms with Crippen molar-refractivity contribution in [2.45, 2.75) is 37.3 Å². The first-order valence-electron chi connectivity index (χ1n) is 13.9. The minimum Gasteiger partial charge on any atom is -0.510 e. The molecule has 0 aromatic heterocycles. The number of benzene rings is 1. The molecule has 3 aliphatic carbocycles. The van der Waals surface area contributed by atoms with E-state index in [2.05, 4.69) is 10.6 Å². The summed E-state index contributed by atoms with van der Waals surface area (Å²) in [6, 6.07) is 0.541. The fourth-order valence-corrected chi connectivity index (χ4v) is 7.11. The number of likely N-dealkylation sites (N-methyl/N-ethyl adjacent to an activating group) is 1. The molecule has 1 aromatic rings. The van der Waals surface area contributed by atoms with Gasteiger partial charge in [0, 0.05) is 37.2 Å². The first kappa shape index (κ1) is 29.5. The SMILES string of the molecule is CN(C)c1cc(NC(=O)C2CCNCC2)c(O)c2c1C[C@H]1C[C@H]3[C@H](N(C)C)C(O)=C(C(N)=O)C(=O)[C@@]3(O)C(O)=C1C2=O. The van der Waals surface area contributed by atoms with Crippen LogP contribution in [0.15, 0.2) is 28.7 Å². The molecule has 0 spiro atoms. The van der Waals surface area contributed by atoms with Crippen LogP contribution < -0.4 is 21.3 Å². The minimum absolute atomic E-state index is 0.00635. The lowest BCUT2D eigenvalue weighted by Crippen LogP contribution is -2.63. The lowest BCUT2D eigenvalue weighted by Gasteiger charge is -2.50. The first-order chi connectivity index (χ1) is 19.7. The van der Waals surface area contributed by atoms with Crippen molar-refractivity contribution < 1.29 is 39.6 Å². The number of nitrogens with one attached hydrogen (secondary N) is 2. The molecule has 4 atom stereocenters. The third-order valence-electron chi connectivity index (χ3n) is 9.15. The van der Waals surface area contributed by atoms with Crippen LogP contribution in [0.1, 0.15) is 35.2 Å². The van der Waals surface area contributed by atoms with Crippen LogP contribution in [0.4, 0.5) is 11.4 Å². The second-order valence-electron chi connectivity index (χ2n) is 12.0. The number of nitrogens with zero attached hydrogens (tertiary/aromatic N) is 2. The Morgan fingerprint density at radius 2 is 1.74 bits per heavy atom. The van der Waals surface area contributed by atoms with E-state index in [1.165, 1.54) is 4.90 Å². The molecule has 5 rings (SSSR count). The third-order valence-corrected chi connectivity index (χ3v) is 9.15. The number of rotatable bonds is 5. The van der Waals surface area contributed by atoms with Crippen molar-refractivity contribution >= 4 is 34.8 Å². The molecule has 0 bridgehead atoms. The topological polar surface area (TPSA) is 206 Å². The summed E-state index contributed by atoms with van der Waals surface area (Å²) in [6.07, 6.45) is 1.39. The van der Waals surface area contributed by atoms with Gasteiger partial charge in [0.1, 0.15) is 17.1 Å². The van der Waals surface area contributed by atoms with Gasteiger partial charge in [0.25, 0.3) is 5.91 Å². The highest BCUT2D eigenvalue weighted by molar-refractivity contribution is 6.25. The van der Waals surface area contributed by atoms with Gasteiger partial charge in [0.15, 0.2) is 17.1 Å². The van der Waals surface area contributed by atoms with Gasteiger partial charge in [0.05, 0.1) is 17.3 Å². The number of aliphatic hydroxyl groups excluding tert-OH is 2. The molecule has 2 amide bonds. The van der Waals surface area contributed by atoms with Crippen LogP contribution in [0.2, 0.25) is 0 Å². The van der Waals surface area contributed by atoms with Gasteiger partial charge in [-0.2, -0.15) is 0 Å². The zero-order valence-electron chi connectivity index (χ0n) is 24.0. The average molecular weight is 584 g/mol. The van der Waals surface area contributed by atoms with Crippen LogP contribution in [0.5, 0.6) is 5.75 Å². The molecule has 0 unspecified atom stereocenters. The average Bonchev–Trinajstić information content (AvgIpc) is 2.92. The second kappa shape index (κ2) is 10.4. The number of carbonyl (C=O) groups excluding carboxylic acids is 4. The van der Waals surface area contributed by atoms with E-state index in [1.807, 2.05) is 0 Å². The highest BCUT2D eigenvalue weighted by Crippen LogP contribution is 2.54. The summed E-state index contributed by atoms with van der Waals surface area (Å²) >= 11 is 0. The van der Waals surface area contributed by atoms with E-state index in [4.69, 9.17) is 5.73 Å². The number of aliphatic hydroxyl groups is 3. The predicted molar refractivity (Wildman–Crippen MR) is 152 cm³/mol. The van der Waals surface area contributed by atoms with Crippen LogP contribution in [0.25, 0.3) is 0 Å². The summed E-state index contributed by atoms with van der Waals surface area (Å²) in [7, 11) is 6.67. The molecule has 1 saturated heterocycles. The molecule has 4 aliphatic rings. The number of Topliss-reactive ketones (excluding diaryl/α,β-unsaturated/α-hetero) is 2. The van der Waals surface area contributed by atoms with Crippen LogP contribution in [0.3, 0.4) is 0 Å². The van der Waals surface area contributed by atoms with Gasteiger partial charge in [-0.3, -0.25) is 24.1 Å². The van der Waals surface area contributed by atoms with E-state index < -0.39 is 63.8 Å². The molecule has 1 fully saturated rings. The maximum absolute atomic E-state index is 14.1. The standard InChI is InChI=1S/C29H37N5O8/c1-33(2)17-11-16(32-28(41)12-5-7-31-8-6-12)22(35)19-14(17)9-13-10-15-21(34(3)4)24(37)20(27(30)40)26(39)29(15,42)25(38)18(13)23(19)36/h11-13,15,21,31,35,37-38,42H,5-10H2,1-4H3,(H2,30,40)(H,32,41)/t13-,15-,21-,29-/m0/s1. The van der Waals surface area contributed by atoms with Gasteiger partial charge in [0.2, 0.25) is 11.7 Å². The highest BCUT2D eigenvalue weighted by Gasteiger charge is 2.63. The Morgan fingerprint density at radius 3 is 2.31 bits per heavy atom. The molecule has 0 radical (unpaired) electrons. The molecule has 1 aliphatic heterocycles. The second-order valence-corrected chi connectivity index (χ2v) is 12.0. The predicted octanol–water partition coefficient (Wildman–Crippen LogP) is 0.125. The van der Waals surface area contributed by atoms with Crippen molar-refractivity contribution in [3.05, 3.63) is 39.9 Å². The van der Waals surface area contributed by atoms with Crippen molar-refractivity contribution in [2.75, 3.05) is 51.5 Å². The van der Waals surface area contributed by atoms with E-state index in [9.17, 15) is 39.6 Å². The number of phenolic OH excluding ortho intramolecular Hbond substituents is 1. The van der Waals surface area contributed by atoms with E-state index in [-0.39, 0.29) is 41.5 Å². The number of aromatic hydroxyl groups is 1. The number of phenols is 1. The summed E-state index contributed by atoms with van der Waals surface area (Å²) in [5.74, 6) is -7.77. The Kier molecular flexibility index (Phi) is 7.32. The fraction of sp³-hybridized carbons (Fsp3) is 0.517. The lowest BCUT2D eigenvalue weighted by atomic mass is 9.58. The van der Waals surface area contributed by atoms with Crippen molar-refractivity contribution in [3.8, 4) is 5.75 Å². The van der Waals surface area contributed by atoms with Gasteiger partial charge in [-0.1, -0.05) is 0 Å². The van der Waals surface area contributed by atoms with Crippen LogP contribution in [-0.4, -0.2) is 102 Å². The molecule has 8 N–H and O–H groups in total. The summed E-state index contributed by atoms with van der Waals surface area (Å²) < 4.78 is 0. The Morgan fingerprint density at radius 1 is 1.10 bits per heavy atom. The Balaban J connectivity index is 1.65. The molecule has 42 heavy (non-hydrogen) atoms. The van der Waals surface area contributed by atoms with Crippen molar-refractivity contribution in [3.63, 3.8) is 0 Å².